The summed E-state index contributed by atoms with van der Waals surface area (Å²) in [6.45, 7) is 9.05. The van der Waals surface area contributed by atoms with E-state index in [4.69, 9.17) is 4.74 Å². The molecule has 2 aliphatic heterocycles. The highest BCUT2D eigenvalue weighted by Gasteiger charge is 2.25. The molecule has 0 spiro atoms. The van der Waals surface area contributed by atoms with Gasteiger partial charge in [0.05, 0.1) is 19.3 Å². The van der Waals surface area contributed by atoms with Crippen LogP contribution in [0.5, 0.6) is 0 Å². The second kappa shape index (κ2) is 9.19. The van der Waals surface area contributed by atoms with Crippen LogP contribution < -0.4 is 10.2 Å². The Kier molecular flexibility index (Phi) is 6.40. The molecule has 1 N–H and O–H groups in total. The first kappa shape index (κ1) is 20.9. The molecule has 1 saturated heterocycles. The second-order valence-corrected chi connectivity index (χ2v) is 8.66. The van der Waals surface area contributed by atoms with E-state index in [0.717, 1.165) is 56.0 Å². The number of rotatable bonds is 5. The van der Waals surface area contributed by atoms with E-state index in [-0.39, 0.29) is 11.9 Å². The van der Waals surface area contributed by atoms with Crippen LogP contribution >= 0.6 is 0 Å². The zero-order valence-corrected chi connectivity index (χ0v) is 18.4. The molecule has 0 radical (unpaired) electrons. The van der Waals surface area contributed by atoms with E-state index in [9.17, 15) is 4.79 Å². The first-order valence-electron chi connectivity index (χ1n) is 11.0. The predicted octanol–water partition coefficient (Wildman–Crippen LogP) is 3.49. The topological polar surface area (TPSA) is 44.8 Å². The van der Waals surface area contributed by atoms with Gasteiger partial charge in [-0.3, -0.25) is 9.69 Å². The van der Waals surface area contributed by atoms with Gasteiger partial charge in [-0.25, -0.2) is 0 Å². The summed E-state index contributed by atoms with van der Waals surface area (Å²) in [6, 6.07) is 13.0. The van der Waals surface area contributed by atoms with Gasteiger partial charge in [-0.05, 0) is 56.0 Å². The number of nitrogens with one attached hydrogen (secondary N) is 1. The number of carbonyl (C=O) groups is 1. The van der Waals surface area contributed by atoms with Gasteiger partial charge in [0.25, 0.3) is 5.91 Å². The zero-order valence-electron chi connectivity index (χ0n) is 18.4. The van der Waals surface area contributed by atoms with E-state index in [2.05, 4.69) is 46.4 Å². The number of carbonyl (C=O) groups excluding carboxylic acids is 1. The number of hydrogen-bond acceptors (Lipinski definition) is 4. The minimum atomic E-state index is -0.00208. The van der Waals surface area contributed by atoms with Crippen molar-refractivity contribution < 1.29 is 9.53 Å². The van der Waals surface area contributed by atoms with Crippen molar-refractivity contribution in [3.8, 4) is 0 Å². The van der Waals surface area contributed by atoms with Crippen LogP contribution in [0.3, 0.4) is 0 Å². The Balaban J connectivity index is 1.55. The Morgan fingerprint density at radius 3 is 2.53 bits per heavy atom. The maximum absolute atomic E-state index is 12.9. The molecule has 160 valence electrons. The van der Waals surface area contributed by atoms with Gasteiger partial charge in [-0.1, -0.05) is 29.3 Å². The molecule has 2 aromatic carbocycles. The fraction of sp³-hybridized carbons (Fsp3) is 0.480. The summed E-state index contributed by atoms with van der Waals surface area (Å²) in [4.78, 5) is 17.7. The van der Waals surface area contributed by atoms with Crippen LogP contribution in [0.15, 0.2) is 36.4 Å². The predicted molar refractivity (Wildman–Crippen MR) is 121 cm³/mol. The summed E-state index contributed by atoms with van der Waals surface area (Å²) in [7, 11) is 2.17. The molecule has 30 heavy (non-hydrogen) atoms. The highest BCUT2D eigenvalue weighted by Crippen LogP contribution is 2.31. The molecule has 2 aliphatic rings. The Labute approximate surface area is 180 Å². The average molecular weight is 408 g/mol. The lowest BCUT2D eigenvalue weighted by Crippen LogP contribution is -2.44. The number of benzene rings is 2. The van der Waals surface area contributed by atoms with Gasteiger partial charge in [-0.15, -0.1) is 0 Å². The second-order valence-electron chi connectivity index (χ2n) is 8.66. The number of aryl methyl sites for hydroxylation is 3. The molecule has 0 bridgehead atoms. The quantitative estimate of drug-likeness (QED) is 0.824. The van der Waals surface area contributed by atoms with E-state index < -0.39 is 0 Å². The zero-order chi connectivity index (χ0) is 21.1. The Morgan fingerprint density at radius 1 is 1.07 bits per heavy atom. The van der Waals surface area contributed by atoms with E-state index >= 15 is 0 Å². The van der Waals surface area contributed by atoms with Crippen LogP contribution in [0.4, 0.5) is 5.69 Å². The lowest BCUT2D eigenvalue weighted by Gasteiger charge is -2.36. The summed E-state index contributed by atoms with van der Waals surface area (Å²) in [5.74, 6) is -0.00208. The highest BCUT2D eigenvalue weighted by atomic mass is 16.5. The molecule has 0 aromatic heterocycles. The molecule has 5 nitrogen and oxygen atoms in total. The van der Waals surface area contributed by atoms with Crippen molar-refractivity contribution in [1.29, 1.82) is 0 Å². The van der Waals surface area contributed by atoms with Crippen LogP contribution in [0.2, 0.25) is 0 Å². The first-order chi connectivity index (χ1) is 14.5. The molecule has 1 fully saturated rings. The van der Waals surface area contributed by atoms with Crippen molar-refractivity contribution in [2.75, 3.05) is 51.3 Å². The van der Waals surface area contributed by atoms with Crippen LogP contribution in [0, 0.1) is 13.8 Å². The minimum Gasteiger partial charge on any atom is -0.379 e. The van der Waals surface area contributed by atoms with E-state index in [0.29, 0.717) is 6.54 Å². The van der Waals surface area contributed by atoms with Crippen LogP contribution in [0.25, 0.3) is 0 Å². The van der Waals surface area contributed by atoms with Crippen molar-refractivity contribution in [1.82, 2.24) is 10.2 Å². The number of morpholine rings is 1. The smallest absolute Gasteiger partial charge is 0.251 e. The maximum atomic E-state index is 12.9. The Morgan fingerprint density at radius 2 is 1.80 bits per heavy atom. The van der Waals surface area contributed by atoms with Crippen molar-refractivity contribution in [2.45, 2.75) is 32.7 Å². The molecule has 1 atom stereocenters. The van der Waals surface area contributed by atoms with Gasteiger partial charge in [0.2, 0.25) is 0 Å². The minimum absolute atomic E-state index is 0.00208. The van der Waals surface area contributed by atoms with Gasteiger partial charge < -0.3 is 15.0 Å². The number of hydrogen-bond donors (Lipinski definition) is 1. The fourth-order valence-electron chi connectivity index (χ4n) is 4.76. The Hall–Kier alpha value is -2.37. The number of nitrogens with zero attached hydrogens (tertiary/aromatic N) is 2. The third-order valence-corrected chi connectivity index (χ3v) is 6.27. The van der Waals surface area contributed by atoms with Crippen molar-refractivity contribution in [3.05, 3.63) is 64.2 Å². The summed E-state index contributed by atoms with van der Waals surface area (Å²) in [6.07, 6.45) is 2.32. The van der Waals surface area contributed by atoms with Crippen molar-refractivity contribution in [2.24, 2.45) is 0 Å². The molecule has 2 heterocycles. The summed E-state index contributed by atoms with van der Waals surface area (Å²) < 4.78 is 5.58. The number of anilines is 1. The van der Waals surface area contributed by atoms with Gasteiger partial charge >= 0.3 is 0 Å². The standard InChI is InChI=1S/C25H33N3O2/c1-18-13-19(2)15-22(14-18)25(29)26-17-24(28-9-11-30-12-10-28)21-6-7-23-20(16-21)5-4-8-27(23)3/h6-7,13-16,24H,4-5,8-12,17H2,1-3H3,(H,26,29)/t24-/m1/s1. The number of ether oxygens (including phenoxy) is 1. The van der Waals surface area contributed by atoms with Crippen LogP contribution in [-0.2, 0) is 11.2 Å². The number of fused-ring (bicyclic) bond motifs is 1. The molecule has 1 amide bonds. The van der Waals surface area contributed by atoms with Gasteiger partial charge in [-0.2, -0.15) is 0 Å². The van der Waals surface area contributed by atoms with Crippen molar-refractivity contribution >= 4 is 11.6 Å². The molecule has 5 heteroatoms. The summed E-state index contributed by atoms with van der Waals surface area (Å²) in [5, 5.41) is 3.21. The molecular weight excluding hydrogens is 374 g/mol. The van der Waals surface area contributed by atoms with Gasteiger partial charge in [0.15, 0.2) is 0 Å². The lowest BCUT2D eigenvalue weighted by molar-refractivity contribution is 0.0162. The first-order valence-corrected chi connectivity index (χ1v) is 11.0. The molecule has 2 aromatic rings. The third kappa shape index (κ3) is 4.68. The SMILES string of the molecule is Cc1cc(C)cc(C(=O)NC[C@H](c2ccc3c(c2)CCCN3C)N2CCOCC2)c1. The molecule has 0 unspecified atom stereocenters. The fourth-order valence-corrected chi connectivity index (χ4v) is 4.76. The summed E-state index contributed by atoms with van der Waals surface area (Å²) >= 11 is 0. The molecule has 0 aliphatic carbocycles. The van der Waals surface area contributed by atoms with Crippen molar-refractivity contribution in [3.63, 3.8) is 0 Å². The monoisotopic (exact) mass is 407 g/mol. The molecule has 4 rings (SSSR count). The highest BCUT2D eigenvalue weighted by molar-refractivity contribution is 5.94. The Bertz CT molecular complexity index is 885. The largest absolute Gasteiger partial charge is 0.379 e. The summed E-state index contributed by atoms with van der Waals surface area (Å²) in [5.41, 5.74) is 7.00. The molecule has 0 saturated carbocycles. The van der Waals surface area contributed by atoms with E-state index in [1.165, 1.54) is 23.2 Å². The van der Waals surface area contributed by atoms with Crippen LogP contribution in [-0.4, -0.2) is 57.2 Å². The van der Waals surface area contributed by atoms with Gasteiger partial charge in [0, 0.05) is 44.5 Å². The average Bonchev–Trinajstić information content (AvgIpc) is 2.74. The molecular formula is C25H33N3O2. The number of amides is 1. The van der Waals surface area contributed by atoms with Crippen LogP contribution in [0.1, 0.15) is 45.1 Å². The van der Waals surface area contributed by atoms with E-state index in [1.807, 2.05) is 26.0 Å². The maximum Gasteiger partial charge on any atom is 0.251 e. The van der Waals surface area contributed by atoms with Gasteiger partial charge in [0.1, 0.15) is 0 Å². The third-order valence-electron chi connectivity index (χ3n) is 6.27. The lowest BCUT2D eigenvalue weighted by atomic mass is 9.95. The normalized spacial score (nSPS) is 18.0. The van der Waals surface area contributed by atoms with E-state index in [1.54, 1.807) is 0 Å².